The Balaban J connectivity index is 2.04. The first-order valence-corrected chi connectivity index (χ1v) is 10.3. The Kier molecular flexibility index (Phi) is 7.34. The number of hydroxylamine groups is 1. The van der Waals surface area contributed by atoms with Gasteiger partial charge in [0.25, 0.3) is 15.9 Å². The van der Waals surface area contributed by atoms with Crippen molar-refractivity contribution < 1.29 is 27.6 Å². The lowest BCUT2D eigenvalue weighted by molar-refractivity contribution is -0.138. The highest BCUT2D eigenvalue weighted by Crippen LogP contribution is 2.20. The number of hydrogen-bond acceptors (Lipinski definition) is 6. The molecule has 9 heteroatoms. The second-order valence-electron chi connectivity index (χ2n) is 6.35. The van der Waals surface area contributed by atoms with E-state index < -0.39 is 16.0 Å². The van der Waals surface area contributed by atoms with E-state index in [0.29, 0.717) is 11.0 Å². The highest BCUT2D eigenvalue weighted by molar-refractivity contribution is 7.89. The molecule has 1 aliphatic rings. The number of hydrogen-bond donors (Lipinski definition) is 0. The van der Waals surface area contributed by atoms with E-state index in [9.17, 15) is 18.0 Å². The first-order chi connectivity index (χ1) is 12.8. The van der Waals surface area contributed by atoms with E-state index in [1.165, 1.54) is 38.4 Å². The van der Waals surface area contributed by atoms with Crippen LogP contribution in [0.25, 0.3) is 0 Å². The van der Waals surface area contributed by atoms with Crippen molar-refractivity contribution in [2.75, 3.05) is 27.3 Å². The Morgan fingerprint density at radius 3 is 2.70 bits per heavy atom. The third-order valence-corrected chi connectivity index (χ3v) is 6.38. The summed E-state index contributed by atoms with van der Waals surface area (Å²) in [5.74, 6) is -0.969. The molecule has 0 aromatic heterocycles. The minimum Gasteiger partial charge on any atom is -0.452 e. The molecule has 1 atom stereocenters. The van der Waals surface area contributed by atoms with Crippen LogP contribution >= 0.6 is 0 Å². The second kappa shape index (κ2) is 9.29. The maximum Gasteiger partial charge on any atom is 0.338 e. The number of piperidine rings is 1. The Labute approximate surface area is 160 Å². The summed E-state index contributed by atoms with van der Waals surface area (Å²) in [4.78, 5) is 31.0. The summed E-state index contributed by atoms with van der Waals surface area (Å²) in [5, 5.41) is 0. The Morgan fingerprint density at radius 1 is 1.30 bits per heavy atom. The van der Waals surface area contributed by atoms with Crippen LogP contribution in [0, 0.1) is 0 Å². The van der Waals surface area contributed by atoms with Gasteiger partial charge in [0.05, 0.1) is 17.6 Å². The van der Waals surface area contributed by atoms with Gasteiger partial charge >= 0.3 is 5.97 Å². The summed E-state index contributed by atoms with van der Waals surface area (Å²) >= 11 is 0. The van der Waals surface area contributed by atoms with Crippen LogP contribution < -0.4 is 0 Å². The summed E-state index contributed by atoms with van der Waals surface area (Å²) in [6, 6.07) is 5.61. The van der Waals surface area contributed by atoms with Crippen LogP contribution in [0.4, 0.5) is 0 Å². The van der Waals surface area contributed by atoms with Crippen LogP contribution in [0.3, 0.4) is 0 Å². The van der Waals surface area contributed by atoms with Gasteiger partial charge in [-0.15, -0.1) is 0 Å². The largest absolute Gasteiger partial charge is 0.452 e. The average molecular weight is 398 g/mol. The molecular weight excluding hydrogens is 372 g/mol. The van der Waals surface area contributed by atoms with Crippen molar-refractivity contribution in [3.63, 3.8) is 0 Å². The normalized spacial score (nSPS) is 17.8. The van der Waals surface area contributed by atoms with E-state index in [1.807, 2.05) is 6.92 Å². The lowest BCUT2D eigenvalue weighted by Crippen LogP contribution is -2.45. The van der Waals surface area contributed by atoms with Crippen LogP contribution in [0.15, 0.2) is 29.2 Å². The first-order valence-electron chi connectivity index (χ1n) is 8.91. The number of carbonyl (C=O) groups excluding carboxylic acids is 2. The molecule has 0 spiro atoms. The van der Waals surface area contributed by atoms with Gasteiger partial charge in [-0.25, -0.2) is 13.2 Å². The van der Waals surface area contributed by atoms with Gasteiger partial charge in [-0.1, -0.05) is 17.5 Å². The van der Waals surface area contributed by atoms with Crippen molar-refractivity contribution in [1.29, 1.82) is 0 Å². The van der Waals surface area contributed by atoms with Crippen molar-refractivity contribution >= 4 is 21.9 Å². The van der Waals surface area contributed by atoms with Gasteiger partial charge < -0.3 is 9.64 Å². The van der Waals surface area contributed by atoms with E-state index in [4.69, 9.17) is 9.57 Å². The van der Waals surface area contributed by atoms with E-state index in [0.717, 1.165) is 25.7 Å². The lowest BCUT2D eigenvalue weighted by Gasteiger charge is -2.35. The van der Waals surface area contributed by atoms with Crippen molar-refractivity contribution in [2.24, 2.45) is 0 Å². The van der Waals surface area contributed by atoms with Gasteiger partial charge in [-0.05, 0) is 43.9 Å². The molecule has 1 heterocycles. The molecular formula is C18H26N2O6S. The fourth-order valence-electron chi connectivity index (χ4n) is 3.08. The van der Waals surface area contributed by atoms with Gasteiger partial charge in [0, 0.05) is 19.6 Å². The third kappa shape index (κ3) is 5.06. The third-order valence-electron chi connectivity index (χ3n) is 4.71. The van der Waals surface area contributed by atoms with Crippen LogP contribution in [-0.2, 0) is 24.4 Å². The molecule has 0 radical (unpaired) electrons. The lowest BCUT2D eigenvalue weighted by atomic mass is 10.00. The minimum absolute atomic E-state index is 0.0547. The van der Waals surface area contributed by atoms with Crippen LogP contribution in [0.2, 0.25) is 0 Å². The maximum absolute atomic E-state index is 12.4. The van der Waals surface area contributed by atoms with E-state index in [1.54, 1.807) is 4.90 Å². The van der Waals surface area contributed by atoms with Crippen molar-refractivity contribution in [3.8, 4) is 0 Å². The number of likely N-dealkylation sites (tertiary alicyclic amines) is 1. The number of sulfonamides is 1. The molecule has 150 valence electrons. The number of benzene rings is 1. The fourth-order valence-corrected chi connectivity index (χ4v) is 4.10. The number of ether oxygens (including phenoxy) is 1. The zero-order valence-corrected chi connectivity index (χ0v) is 16.7. The molecule has 1 aromatic rings. The summed E-state index contributed by atoms with van der Waals surface area (Å²) < 4.78 is 30.4. The van der Waals surface area contributed by atoms with Gasteiger partial charge in [-0.2, -0.15) is 0 Å². The first kappa shape index (κ1) is 21.3. The molecule has 8 nitrogen and oxygen atoms in total. The smallest absolute Gasteiger partial charge is 0.338 e. The molecule has 0 bridgehead atoms. The predicted molar refractivity (Wildman–Crippen MR) is 98.3 cm³/mol. The zero-order valence-electron chi connectivity index (χ0n) is 15.9. The Hall–Kier alpha value is -1.97. The van der Waals surface area contributed by atoms with Crippen LogP contribution in [0.5, 0.6) is 0 Å². The number of amides is 1. The molecule has 2 rings (SSSR count). The van der Waals surface area contributed by atoms with Gasteiger partial charge in [0.15, 0.2) is 6.61 Å². The average Bonchev–Trinajstić information content (AvgIpc) is 2.70. The number of nitrogens with zero attached hydrogens (tertiary/aromatic N) is 2. The van der Waals surface area contributed by atoms with Gasteiger partial charge in [0.1, 0.15) is 0 Å². The molecule has 0 aliphatic carbocycles. The highest BCUT2D eigenvalue weighted by atomic mass is 32.2. The molecule has 0 N–H and O–H groups in total. The van der Waals surface area contributed by atoms with Crippen molar-refractivity contribution in [3.05, 3.63) is 29.8 Å². The highest BCUT2D eigenvalue weighted by Gasteiger charge is 2.26. The number of esters is 1. The van der Waals surface area contributed by atoms with E-state index in [-0.39, 0.29) is 29.0 Å². The Bertz CT molecular complexity index is 780. The molecule has 27 heavy (non-hydrogen) atoms. The fraction of sp³-hybridized carbons (Fsp3) is 0.556. The summed E-state index contributed by atoms with van der Waals surface area (Å²) in [6.45, 7) is 2.35. The topological polar surface area (TPSA) is 93.2 Å². The van der Waals surface area contributed by atoms with E-state index >= 15 is 0 Å². The molecule has 0 saturated carbocycles. The van der Waals surface area contributed by atoms with Crippen LogP contribution in [0.1, 0.15) is 43.0 Å². The number of rotatable bonds is 7. The summed E-state index contributed by atoms with van der Waals surface area (Å²) in [6.07, 6.45) is 3.87. The van der Waals surface area contributed by atoms with Crippen LogP contribution in [-0.4, -0.2) is 63.0 Å². The predicted octanol–water partition coefficient (Wildman–Crippen LogP) is 1.82. The molecule has 1 saturated heterocycles. The summed E-state index contributed by atoms with van der Waals surface area (Å²) in [7, 11) is -1.40. The van der Waals surface area contributed by atoms with Crippen molar-refractivity contribution in [2.45, 2.75) is 43.5 Å². The van der Waals surface area contributed by atoms with Gasteiger partial charge in [0.2, 0.25) is 0 Å². The molecule has 0 unspecified atom stereocenters. The molecule has 1 fully saturated rings. The molecule has 1 amide bonds. The second-order valence-corrected chi connectivity index (χ2v) is 8.28. The quantitative estimate of drug-likeness (QED) is 0.514. The molecule has 1 aromatic carbocycles. The van der Waals surface area contributed by atoms with E-state index in [2.05, 4.69) is 0 Å². The standard InChI is InChI=1S/C18H26N2O6S/c1-4-15-9-5-6-11-20(15)17(21)13-26-18(22)14-8-7-10-16(12-14)27(23,24)19(2)25-3/h7-8,10,12,15H,4-6,9,11,13H2,1-3H3/t15-/m0/s1. The summed E-state index contributed by atoms with van der Waals surface area (Å²) in [5.41, 5.74) is 0.0547. The monoisotopic (exact) mass is 398 g/mol. The molecule has 1 aliphatic heterocycles. The van der Waals surface area contributed by atoms with Crippen molar-refractivity contribution in [1.82, 2.24) is 9.37 Å². The SMILES string of the molecule is CC[C@H]1CCCCN1C(=O)COC(=O)c1cccc(S(=O)(=O)N(C)OC)c1. The number of carbonyl (C=O) groups is 2. The Morgan fingerprint density at radius 2 is 2.04 bits per heavy atom. The maximum atomic E-state index is 12.4. The van der Waals surface area contributed by atoms with Gasteiger partial charge in [-0.3, -0.25) is 9.63 Å². The minimum atomic E-state index is -3.88. The zero-order chi connectivity index (χ0) is 20.0.